The second-order valence-corrected chi connectivity index (χ2v) is 8.42. The number of imidazole rings is 1. The van der Waals surface area contributed by atoms with Gasteiger partial charge < -0.3 is 20.1 Å². The lowest BCUT2D eigenvalue weighted by Gasteiger charge is -2.10. The van der Waals surface area contributed by atoms with Crippen LogP contribution < -0.4 is 4.74 Å². The molecule has 4 aromatic rings. The molecule has 0 saturated heterocycles. The van der Waals surface area contributed by atoms with E-state index in [1.807, 2.05) is 10.6 Å². The maximum atomic E-state index is 11.1. The normalized spacial score (nSPS) is 16.1. The Bertz CT molecular complexity index is 1150. The highest BCUT2D eigenvalue weighted by Crippen LogP contribution is 2.47. The van der Waals surface area contributed by atoms with Crippen molar-refractivity contribution >= 4 is 16.2 Å². The van der Waals surface area contributed by atoms with E-state index in [1.54, 1.807) is 52.8 Å². The van der Waals surface area contributed by atoms with Gasteiger partial charge in [-0.05, 0) is 43.0 Å². The molecule has 2 unspecified atom stereocenters. The van der Waals surface area contributed by atoms with Crippen LogP contribution in [0.5, 0.6) is 5.75 Å². The van der Waals surface area contributed by atoms with Crippen molar-refractivity contribution in [1.82, 2.24) is 24.4 Å². The summed E-state index contributed by atoms with van der Waals surface area (Å²) in [7, 11) is 0. The summed E-state index contributed by atoms with van der Waals surface area (Å²) in [6.07, 6.45) is 5.75. The first kappa shape index (κ1) is 19.2. The molecule has 3 aromatic heterocycles. The summed E-state index contributed by atoms with van der Waals surface area (Å²) in [5.74, 6) is 1.08. The summed E-state index contributed by atoms with van der Waals surface area (Å²) in [4.78, 5) is 6.40. The molecule has 30 heavy (non-hydrogen) atoms. The lowest BCUT2D eigenvalue weighted by atomic mass is 10.1. The Morgan fingerprint density at radius 1 is 1.20 bits per heavy atom. The van der Waals surface area contributed by atoms with Gasteiger partial charge in [0.05, 0.1) is 30.4 Å². The van der Waals surface area contributed by atoms with Crippen LogP contribution >= 0.6 is 11.3 Å². The van der Waals surface area contributed by atoms with Crippen molar-refractivity contribution in [2.45, 2.75) is 31.0 Å². The Hall–Kier alpha value is -2.79. The van der Waals surface area contributed by atoms with Crippen molar-refractivity contribution in [3.05, 3.63) is 59.3 Å². The minimum absolute atomic E-state index is 0.0161. The van der Waals surface area contributed by atoms with Gasteiger partial charge in [-0.1, -0.05) is 5.21 Å². The molecule has 2 atom stereocenters. The zero-order valence-corrected chi connectivity index (χ0v) is 16.8. The molecule has 0 radical (unpaired) electrons. The Morgan fingerprint density at radius 3 is 2.73 bits per heavy atom. The number of aliphatic hydroxyl groups is 3. The van der Waals surface area contributed by atoms with E-state index in [0.29, 0.717) is 17.4 Å². The van der Waals surface area contributed by atoms with Gasteiger partial charge in [-0.2, -0.15) is 0 Å². The van der Waals surface area contributed by atoms with E-state index in [-0.39, 0.29) is 13.2 Å². The van der Waals surface area contributed by atoms with Crippen LogP contribution in [-0.4, -0.2) is 59.0 Å². The van der Waals surface area contributed by atoms with Gasteiger partial charge in [0.2, 0.25) is 0 Å². The highest BCUT2D eigenvalue weighted by Gasteiger charge is 2.33. The van der Waals surface area contributed by atoms with Crippen LogP contribution in [-0.2, 0) is 0 Å². The Kier molecular flexibility index (Phi) is 4.99. The van der Waals surface area contributed by atoms with Gasteiger partial charge in [-0.15, -0.1) is 16.4 Å². The van der Waals surface area contributed by atoms with Gasteiger partial charge in [0.15, 0.2) is 0 Å². The van der Waals surface area contributed by atoms with E-state index in [0.717, 1.165) is 29.1 Å². The molecule has 1 saturated carbocycles. The van der Waals surface area contributed by atoms with Crippen LogP contribution in [0.4, 0.5) is 0 Å². The fourth-order valence-electron chi connectivity index (χ4n) is 3.34. The molecule has 3 N–H and O–H groups in total. The minimum atomic E-state index is -0.913. The van der Waals surface area contributed by atoms with Crippen LogP contribution in [0.15, 0.2) is 43.0 Å². The second-order valence-electron chi connectivity index (χ2n) is 7.36. The number of aliphatic hydroxyl groups excluding tert-OH is 3. The number of hydrogen-bond donors (Lipinski definition) is 3. The summed E-state index contributed by atoms with van der Waals surface area (Å²) in [6.45, 7) is -0.331. The summed E-state index contributed by atoms with van der Waals surface area (Å²) in [6, 6.07) is 7.10. The van der Waals surface area contributed by atoms with Crippen molar-refractivity contribution < 1.29 is 20.1 Å². The van der Waals surface area contributed by atoms with Crippen LogP contribution in [0.2, 0.25) is 0 Å². The van der Waals surface area contributed by atoms with E-state index in [4.69, 9.17) is 9.84 Å². The molecule has 0 amide bonds. The third-order valence-electron chi connectivity index (χ3n) is 5.08. The second kappa shape index (κ2) is 7.80. The molecule has 1 aromatic carbocycles. The summed E-state index contributed by atoms with van der Waals surface area (Å²) in [5.41, 5.74) is 2.06. The Labute approximate surface area is 175 Å². The van der Waals surface area contributed by atoms with Gasteiger partial charge in [-0.25, -0.2) is 9.67 Å². The number of thiazole rings is 1. The fourth-order valence-corrected chi connectivity index (χ4v) is 4.64. The third kappa shape index (κ3) is 3.58. The van der Waals surface area contributed by atoms with Gasteiger partial charge >= 0.3 is 0 Å². The Morgan fingerprint density at radius 2 is 2.00 bits per heavy atom. The molecule has 5 rings (SSSR count). The molecule has 9 nitrogen and oxygen atoms in total. The molecule has 0 spiro atoms. The minimum Gasteiger partial charge on any atom is -0.491 e. The zero-order chi connectivity index (χ0) is 20.7. The fraction of sp³-hybridized carbons (Fsp3) is 0.350. The maximum Gasteiger partial charge on any atom is 0.141 e. The van der Waals surface area contributed by atoms with Crippen LogP contribution in [0.3, 0.4) is 0 Å². The number of ether oxygens (including phenoxy) is 1. The smallest absolute Gasteiger partial charge is 0.141 e. The molecule has 1 aliphatic rings. The van der Waals surface area contributed by atoms with Crippen molar-refractivity contribution in [2.75, 3.05) is 13.2 Å². The third-order valence-corrected chi connectivity index (χ3v) is 6.36. The molecule has 1 fully saturated rings. The SMILES string of the molecule is OCC(O)COc1ccc(-n2cc(C(O)c3c(C4CC4)sc4cncn34)nn2)cc1. The maximum absolute atomic E-state index is 11.1. The van der Waals surface area contributed by atoms with E-state index < -0.39 is 12.2 Å². The van der Waals surface area contributed by atoms with Crippen LogP contribution in [0, 0.1) is 0 Å². The predicted molar refractivity (Wildman–Crippen MR) is 109 cm³/mol. The highest BCUT2D eigenvalue weighted by atomic mass is 32.1. The average molecular weight is 427 g/mol. The molecule has 3 heterocycles. The topological polar surface area (TPSA) is 118 Å². The lowest BCUT2D eigenvalue weighted by molar-refractivity contribution is 0.0536. The summed E-state index contributed by atoms with van der Waals surface area (Å²) >= 11 is 1.68. The van der Waals surface area contributed by atoms with E-state index in [2.05, 4.69) is 15.3 Å². The molecule has 156 valence electrons. The molecule has 0 bridgehead atoms. The zero-order valence-electron chi connectivity index (χ0n) is 16.0. The van der Waals surface area contributed by atoms with Crippen LogP contribution in [0.25, 0.3) is 10.5 Å². The molecule has 10 heteroatoms. The number of fused-ring (bicyclic) bond motifs is 1. The number of rotatable bonds is 8. The van der Waals surface area contributed by atoms with E-state index in [1.165, 1.54) is 4.88 Å². The Balaban J connectivity index is 1.37. The quantitative estimate of drug-likeness (QED) is 0.391. The molecule has 0 aliphatic heterocycles. The van der Waals surface area contributed by atoms with Crippen LogP contribution in [0.1, 0.15) is 41.1 Å². The molecular formula is C20H21N5O4S. The van der Waals surface area contributed by atoms with Gasteiger partial charge in [-0.3, -0.25) is 4.40 Å². The monoisotopic (exact) mass is 427 g/mol. The number of benzene rings is 1. The summed E-state index contributed by atoms with van der Waals surface area (Å²) in [5, 5.41) is 37.7. The van der Waals surface area contributed by atoms with Crippen molar-refractivity contribution in [1.29, 1.82) is 0 Å². The van der Waals surface area contributed by atoms with E-state index in [9.17, 15) is 10.2 Å². The van der Waals surface area contributed by atoms with Crippen molar-refractivity contribution in [2.24, 2.45) is 0 Å². The van der Waals surface area contributed by atoms with Crippen molar-refractivity contribution in [3.63, 3.8) is 0 Å². The summed E-state index contributed by atoms with van der Waals surface area (Å²) < 4.78 is 8.95. The highest BCUT2D eigenvalue weighted by molar-refractivity contribution is 7.17. The first-order valence-corrected chi connectivity index (χ1v) is 10.5. The average Bonchev–Trinajstić information content (AvgIpc) is 3.16. The lowest BCUT2D eigenvalue weighted by Crippen LogP contribution is -2.21. The van der Waals surface area contributed by atoms with Gasteiger partial charge in [0.25, 0.3) is 0 Å². The van der Waals surface area contributed by atoms with Crippen molar-refractivity contribution in [3.8, 4) is 11.4 Å². The van der Waals surface area contributed by atoms with Gasteiger partial charge in [0.1, 0.15) is 41.4 Å². The number of aromatic nitrogens is 5. The predicted octanol–water partition coefficient (Wildman–Crippen LogP) is 1.67. The number of nitrogens with zero attached hydrogens (tertiary/aromatic N) is 5. The van der Waals surface area contributed by atoms with E-state index >= 15 is 0 Å². The standard InChI is InChI=1S/C20H21N5O4S/c26-9-14(27)10-29-15-5-3-13(4-6-15)25-8-16(22-23-25)19(28)18-20(12-1-2-12)30-17-7-21-11-24(17)18/h3-8,11-12,14,19,26-28H,1-2,9-10H2. The van der Waals surface area contributed by atoms with Gasteiger partial charge in [0, 0.05) is 4.88 Å². The first-order valence-electron chi connectivity index (χ1n) is 9.71. The first-order chi connectivity index (χ1) is 14.6. The molecule has 1 aliphatic carbocycles. The number of hydrogen-bond acceptors (Lipinski definition) is 8. The largest absolute Gasteiger partial charge is 0.491 e. The molecular weight excluding hydrogens is 406 g/mol.